The van der Waals surface area contributed by atoms with Gasteiger partial charge >= 0.3 is 5.97 Å². The molecule has 1 aromatic rings. The summed E-state index contributed by atoms with van der Waals surface area (Å²) in [4.78, 5) is 10.5. The smallest absolute Gasteiger partial charge is 0.340 e. The van der Waals surface area contributed by atoms with Gasteiger partial charge in [-0.25, -0.2) is 9.18 Å². The molecular weight excluding hydrogens is 234 g/mol. The van der Waals surface area contributed by atoms with Crippen molar-refractivity contribution in [2.75, 3.05) is 0 Å². The van der Waals surface area contributed by atoms with Crippen molar-refractivity contribution in [1.82, 2.24) is 0 Å². The Balaban J connectivity index is 3.49. The van der Waals surface area contributed by atoms with Crippen LogP contribution in [0.3, 0.4) is 0 Å². The van der Waals surface area contributed by atoms with E-state index in [9.17, 15) is 9.18 Å². The van der Waals surface area contributed by atoms with Gasteiger partial charge in [0.25, 0.3) is 0 Å². The molecule has 0 atom stereocenters. The second kappa shape index (κ2) is 4.13. The largest absolute Gasteiger partial charge is 0.478 e. The van der Waals surface area contributed by atoms with E-state index in [1.807, 2.05) is 0 Å². The number of carboxylic acid groups (broad SMARTS) is 1. The van der Waals surface area contributed by atoms with Crippen LogP contribution in [-0.4, -0.2) is 16.2 Å². The van der Waals surface area contributed by atoms with Gasteiger partial charge in [0.15, 0.2) is 5.82 Å². The number of hydrogen-bond donors (Lipinski definition) is 2. The number of aliphatic hydroxyl groups is 1. The van der Waals surface area contributed by atoms with Crippen LogP contribution in [0.25, 0.3) is 0 Å². The number of rotatable bonds is 2. The molecule has 3 nitrogen and oxygen atoms in total. The van der Waals surface area contributed by atoms with Crippen molar-refractivity contribution in [2.24, 2.45) is 0 Å². The number of carboxylic acids is 1. The molecule has 14 heavy (non-hydrogen) atoms. The Morgan fingerprint density at radius 1 is 1.50 bits per heavy atom. The predicted molar refractivity (Wildman–Crippen MR) is 49.3 cm³/mol. The average Bonchev–Trinajstić information content (AvgIpc) is 2.10. The standard InChI is InChI=1S/C8H5Cl2FO3/c9-4-1-3(2-12)6(10)7(11)5(4)8(13)14/h1,12H,2H2,(H,13,14). The lowest BCUT2D eigenvalue weighted by Crippen LogP contribution is -2.04. The molecule has 0 radical (unpaired) electrons. The van der Waals surface area contributed by atoms with E-state index in [-0.39, 0.29) is 10.6 Å². The van der Waals surface area contributed by atoms with Crippen LogP contribution in [0.2, 0.25) is 10.0 Å². The molecule has 0 spiro atoms. The van der Waals surface area contributed by atoms with Gasteiger partial charge in [-0.1, -0.05) is 23.2 Å². The molecular formula is C8H5Cl2FO3. The second-order valence-electron chi connectivity index (χ2n) is 2.48. The monoisotopic (exact) mass is 238 g/mol. The van der Waals surface area contributed by atoms with Crippen LogP contribution in [0.1, 0.15) is 15.9 Å². The molecule has 0 saturated carbocycles. The summed E-state index contributed by atoms with van der Waals surface area (Å²) in [6, 6.07) is 1.12. The van der Waals surface area contributed by atoms with E-state index in [1.54, 1.807) is 0 Å². The van der Waals surface area contributed by atoms with E-state index in [0.717, 1.165) is 6.07 Å². The zero-order chi connectivity index (χ0) is 10.9. The maximum Gasteiger partial charge on any atom is 0.340 e. The Morgan fingerprint density at radius 2 is 2.07 bits per heavy atom. The van der Waals surface area contributed by atoms with Crippen molar-refractivity contribution < 1.29 is 19.4 Å². The van der Waals surface area contributed by atoms with Crippen LogP contribution in [0, 0.1) is 5.82 Å². The molecule has 6 heteroatoms. The topological polar surface area (TPSA) is 57.5 Å². The van der Waals surface area contributed by atoms with Crippen molar-refractivity contribution in [2.45, 2.75) is 6.61 Å². The normalized spacial score (nSPS) is 10.3. The van der Waals surface area contributed by atoms with Gasteiger partial charge in [-0.2, -0.15) is 0 Å². The molecule has 2 N–H and O–H groups in total. The van der Waals surface area contributed by atoms with Crippen molar-refractivity contribution in [1.29, 1.82) is 0 Å². The minimum Gasteiger partial charge on any atom is -0.478 e. The van der Waals surface area contributed by atoms with Crippen molar-refractivity contribution in [3.63, 3.8) is 0 Å². The average molecular weight is 239 g/mol. The summed E-state index contributed by atoms with van der Waals surface area (Å²) in [5.41, 5.74) is -0.631. The fourth-order valence-electron chi connectivity index (χ4n) is 0.955. The van der Waals surface area contributed by atoms with Crippen molar-refractivity contribution in [3.8, 4) is 0 Å². The fourth-order valence-corrected chi connectivity index (χ4v) is 1.46. The number of hydrogen-bond acceptors (Lipinski definition) is 2. The van der Waals surface area contributed by atoms with Gasteiger partial charge in [0.05, 0.1) is 16.7 Å². The van der Waals surface area contributed by atoms with E-state index >= 15 is 0 Å². The van der Waals surface area contributed by atoms with Gasteiger partial charge in [0.1, 0.15) is 5.56 Å². The number of benzene rings is 1. The first-order valence-electron chi connectivity index (χ1n) is 3.49. The Bertz CT molecular complexity index is 393. The quantitative estimate of drug-likeness (QED) is 0.778. The minimum absolute atomic E-state index is 0.0548. The second-order valence-corrected chi connectivity index (χ2v) is 3.27. The molecule has 0 unspecified atom stereocenters. The van der Waals surface area contributed by atoms with E-state index in [1.165, 1.54) is 0 Å². The summed E-state index contributed by atoms with van der Waals surface area (Å²) in [6.45, 7) is -0.505. The molecule has 0 amide bonds. The summed E-state index contributed by atoms with van der Waals surface area (Å²) in [5, 5.41) is 16.6. The maximum atomic E-state index is 13.3. The zero-order valence-corrected chi connectivity index (χ0v) is 8.23. The lowest BCUT2D eigenvalue weighted by molar-refractivity contribution is 0.0692. The third-order valence-corrected chi connectivity index (χ3v) is 2.32. The first-order valence-corrected chi connectivity index (χ1v) is 4.25. The predicted octanol–water partition coefficient (Wildman–Crippen LogP) is 2.32. The van der Waals surface area contributed by atoms with E-state index in [0.29, 0.717) is 0 Å². The first-order chi connectivity index (χ1) is 6.49. The van der Waals surface area contributed by atoms with Crippen molar-refractivity contribution in [3.05, 3.63) is 33.1 Å². The zero-order valence-electron chi connectivity index (χ0n) is 6.72. The molecule has 0 aliphatic rings. The lowest BCUT2D eigenvalue weighted by Gasteiger charge is -2.06. The number of aromatic carboxylic acids is 1. The van der Waals surface area contributed by atoms with Crippen LogP contribution in [0.15, 0.2) is 6.07 Å². The highest BCUT2D eigenvalue weighted by Crippen LogP contribution is 2.29. The highest BCUT2D eigenvalue weighted by molar-refractivity contribution is 6.36. The van der Waals surface area contributed by atoms with Gasteiger partial charge in [-0.15, -0.1) is 0 Å². The van der Waals surface area contributed by atoms with Crippen molar-refractivity contribution >= 4 is 29.2 Å². The van der Waals surface area contributed by atoms with Crippen LogP contribution in [0.4, 0.5) is 4.39 Å². The van der Waals surface area contributed by atoms with Crippen LogP contribution in [0.5, 0.6) is 0 Å². The molecule has 0 fully saturated rings. The highest BCUT2D eigenvalue weighted by Gasteiger charge is 2.20. The van der Waals surface area contributed by atoms with Crippen LogP contribution >= 0.6 is 23.2 Å². The van der Waals surface area contributed by atoms with Crippen LogP contribution in [-0.2, 0) is 6.61 Å². The molecule has 0 aromatic heterocycles. The third kappa shape index (κ3) is 1.82. The fraction of sp³-hybridized carbons (Fsp3) is 0.125. The van der Waals surface area contributed by atoms with E-state index in [4.69, 9.17) is 33.4 Å². The molecule has 0 aliphatic carbocycles. The Labute approximate surface area is 88.7 Å². The van der Waals surface area contributed by atoms with E-state index < -0.39 is 29.0 Å². The molecule has 0 aliphatic heterocycles. The number of carbonyl (C=O) groups is 1. The summed E-state index contributed by atoms with van der Waals surface area (Å²) in [5.74, 6) is -2.63. The first kappa shape index (κ1) is 11.2. The van der Waals surface area contributed by atoms with Gasteiger partial charge in [0.2, 0.25) is 0 Å². The molecule has 1 aromatic carbocycles. The molecule has 0 saturated heterocycles. The number of aliphatic hydroxyl groups excluding tert-OH is 1. The number of halogens is 3. The molecule has 1 rings (SSSR count). The molecule has 76 valence electrons. The lowest BCUT2D eigenvalue weighted by atomic mass is 10.1. The summed E-state index contributed by atoms with van der Waals surface area (Å²) in [7, 11) is 0. The summed E-state index contributed by atoms with van der Waals surface area (Å²) in [6.07, 6.45) is 0. The molecule has 0 bridgehead atoms. The summed E-state index contributed by atoms with van der Waals surface area (Å²) < 4.78 is 13.3. The summed E-state index contributed by atoms with van der Waals surface area (Å²) >= 11 is 10.9. The highest BCUT2D eigenvalue weighted by atomic mass is 35.5. The van der Waals surface area contributed by atoms with Gasteiger partial charge in [-0.3, -0.25) is 0 Å². The van der Waals surface area contributed by atoms with Gasteiger partial charge < -0.3 is 10.2 Å². The third-order valence-electron chi connectivity index (χ3n) is 1.62. The Hall–Kier alpha value is -0.840. The maximum absolute atomic E-state index is 13.3. The van der Waals surface area contributed by atoms with Gasteiger partial charge in [-0.05, 0) is 6.07 Å². The Morgan fingerprint density at radius 3 is 2.50 bits per heavy atom. The minimum atomic E-state index is -1.50. The van der Waals surface area contributed by atoms with Crippen LogP contribution < -0.4 is 0 Å². The SMILES string of the molecule is O=C(O)c1c(Cl)cc(CO)c(Cl)c1F. The van der Waals surface area contributed by atoms with E-state index in [2.05, 4.69) is 0 Å². The Kier molecular flexibility index (Phi) is 3.31. The van der Waals surface area contributed by atoms with Gasteiger partial charge in [0, 0.05) is 5.56 Å². The molecule has 0 heterocycles.